The SMILES string of the molecule is CCN(CCNC(=NC)NCc1ccc(C)cc1OCCOC)C(=O)OC(C)(C)C. The normalized spacial score (nSPS) is 11.8. The summed E-state index contributed by atoms with van der Waals surface area (Å²) in [4.78, 5) is 18.1. The second-order valence-corrected chi connectivity index (χ2v) is 7.86. The van der Waals surface area contributed by atoms with Crippen LogP contribution in [-0.2, 0) is 16.0 Å². The Kier molecular flexibility index (Phi) is 11.0. The van der Waals surface area contributed by atoms with Crippen LogP contribution < -0.4 is 15.4 Å². The van der Waals surface area contributed by atoms with E-state index in [4.69, 9.17) is 14.2 Å². The molecule has 8 heteroatoms. The number of rotatable bonds is 10. The van der Waals surface area contributed by atoms with Crippen molar-refractivity contribution in [3.05, 3.63) is 29.3 Å². The molecule has 0 bridgehead atoms. The number of likely N-dealkylation sites (N-methyl/N-ethyl adjacent to an activating group) is 1. The number of nitrogens with one attached hydrogen (secondary N) is 2. The summed E-state index contributed by atoms with van der Waals surface area (Å²) >= 11 is 0. The first-order valence-corrected chi connectivity index (χ1v) is 10.3. The molecule has 0 aliphatic heterocycles. The molecule has 0 fully saturated rings. The Hall–Kier alpha value is -2.48. The maximum Gasteiger partial charge on any atom is 0.410 e. The van der Waals surface area contributed by atoms with Crippen LogP contribution in [0.25, 0.3) is 0 Å². The Balaban J connectivity index is 2.56. The fourth-order valence-corrected chi connectivity index (χ4v) is 2.59. The number of hydrogen-bond donors (Lipinski definition) is 2. The molecule has 0 radical (unpaired) electrons. The Bertz CT molecular complexity index is 686. The van der Waals surface area contributed by atoms with Gasteiger partial charge in [0.25, 0.3) is 0 Å². The summed E-state index contributed by atoms with van der Waals surface area (Å²) in [6.07, 6.45) is -0.313. The molecule has 0 atom stereocenters. The molecule has 0 aromatic heterocycles. The molecule has 1 aromatic carbocycles. The number of ether oxygens (including phenoxy) is 3. The summed E-state index contributed by atoms with van der Waals surface area (Å²) in [5, 5.41) is 6.52. The van der Waals surface area contributed by atoms with Crippen LogP contribution in [0.3, 0.4) is 0 Å². The zero-order valence-electron chi connectivity index (χ0n) is 19.5. The van der Waals surface area contributed by atoms with E-state index in [9.17, 15) is 4.79 Å². The quantitative estimate of drug-likeness (QED) is 0.343. The number of carbonyl (C=O) groups is 1. The maximum atomic E-state index is 12.2. The van der Waals surface area contributed by atoms with Crippen molar-refractivity contribution in [3.8, 4) is 5.75 Å². The standard InChI is InChI=1S/C22H38N4O4/c1-8-26(21(27)30-22(3,4)5)12-11-24-20(23-6)25-16-18-10-9-17(2)15-19(18)29-14-13-28-7/h9-10,15H,8,11-14,16H2,1-7H3,(H2,23,24,25). The van der Waals surface area contributed by atoms with Crippen molar-refractivity contribution in [2.75, 3.05) is 47.0 Å². The highest BCUT2D eigenvalue weighted by Gasteiger charge is 2.20. The summed E-state index contributed by atoms with van der Waals surface area (Å²) in [5.74, 6) is 1.48. The fourth-order valence-electron chi connectivity index (χ4n) is 2.59. The molecule has 1 rings (SSSR count). The van der Waals surface area contributed by atoms with Gasteiger partial charge in [0.05, 0.1) is 6.61 Å². The third kappa shape index (κ3) is 9.82. The van der Waals surface area contributed by atoms with Crippen molar-refractivity contribution in [2.24, 2.45) is 4.99 Å². The second kappa shape index (κ2) is 13.0. The number of methoxy groups -OCH3 is 1. The van der Waals surface area contributed by atoms with Crippen LogP contribution in [0, 0.1) is 6.92 Å². The first-order chi connectivity index (χ1) is 14.2. The van der Waals surface area contributed by atoms with Crippen molar-refractivity contribution < 1.29 is 19.0 Å². The zero-order valence-corrected chi connectivity index (χ0v) is 19.5. The highest BCUT2D eigenvalue weighted by atomic mass is 16.6. The van der Waals surface area contributed by atoms with Crippen LogP contribution in [0.15, 0.2) is 23.2 Å². The molecule has 170 valence electrons. The number of benzene rings is 1. The minimum absolute atomic E-state index is 0.313. The summed E-state index contributed by atoms with van der Waals surface area (Å²) in [6, 6.07) is 6.11. The molecular formula is C22H38N4O4. The Morgan fingerprint density at radius 3 is 2.53 bits per heavy atom. The molecule has 2 N–H and O–H groups in total. The molecule has 8 nitrogen and oxygen atoms in total. The topological polar surface area (TPSA) is 84.4 Å². The maximum absolute atomic E-state index is 12.2. The molecule has 0 aliphatic carbocycles. The van der Waals surface area contributed by atoms with Crippen molar-refractivity contribution >= 4 is 12.1 Å². The van der Waals surface area contributed by atoms with Crippen LogP contribution in [0.2, 0.25) is 0 Å². The molecule has 0 saturated heterocycles. The third-order valence-electron chi connectivity index (χ3n) is 4.15. The first-order valence-electron chi connectivity index (χ1n) is 10.3. The average molecular weight is 423 g/mol. The van der Waals surface area contributed by atoms with Gasteiger partial charge in [-0.1, -0.05) is 12.1 Å². The number of guanidine groups is 1. The van der Waals surface area contributed by atoms with E-state index in [0.29, 0.717) is 45.4 Å². The van der Waals surface area contributed by atoms with Gasteiger partial charge >= 0.3 is 6.09 Å². The highest BCUT2D eigenvalue weighted by molar-refractivity contribution is 5.79. The minimum Gasteiger partial charge on any atom is -0.491 e. The van der Waals surface area contributed by atoms with E-state index in [0.717, 1.165) is 16.9 Å². The number of aryl methyl sites for hydroxylation is 1. The number of carbonyl (C=O) groups excluding carboxylic acids is 1. The molecule has 1 aromatic rings. The van der Waals surface area contributed by atoms with E-state index >= 15 is 0 Å². The van der Waals surface area contributed by atoms with Gasteiger partial charge in [-0.05, 0) is 46.2 Å². The van der Waals surface area contributed by atoms with Crippen LogP contribution in [-0.4, -0.2) is 69.6 Å². The molecular weight excluding hydrogens is 384 g/mol. The molecule has 0 unspecified atom stereocenters. The van der Waals surface area contributed by atoms with Gasteiger partial charge < -0.3 is 29.7 Å². The van der Waals surface area contributed by atoms with Gasteiger partial charge in [-0.2, -0.15) is 0 Å². The Labute approximate surface area is 181 Å². The van der Waals surface area contributed by atoms with E-state index in [1.165, 1.54) is 0 Å². The molecule has 30 heavy (non-hydrogen) atoms. The van der Waals surface area contributed by atoms with Gasteiger partial charge in [0, 0.05) is 45.9 Å². The lowest BCUT2D eigenvalue weighted by Gasteiger charge is -2.26. The van der Waals surface area contributed by atoms with Crippen LogP contribution in [0.4, 0.5) is 4.79 Å². The second-order valence-electron chi connectivity index (χ2n) is 7.86. The van der Waals surface area contributed by atoms with Crippen LogP contribution >= 0.6 is 0 Å². The lowest BCUT2D eigenvalue weighted by Crippen LogP contribution is -2.44. The molecule has 1 amide bonds. The summed E-state index contributed by atoms with van der Waals surface area (Å²) in [6.45, 7) is 12.8. The van der Waals surface area contributed by atoms with Crippen molar-refractivity contribution in [2.45, 2.75) is 46.8 Å². The Morgan fingerprint density at radius 1 is 1.20 bits per heavy atom. The number of aliphatic imine (C=N–C) groups is 1. The minimum atomic E-state index is -0.507. The van der Waals surface area contributed by atoms with Gasteiger partial charge in [-0.25, -0.2) is 4.79 Å². The van der Waals surface area contributed by atoms with E-state index in [2.05, 4.69) is 21.7 Å². The van der Waals surface area contributed by atoms with Crippen molar-refractivity contribution in [1.82, 2.24) is 15.5 Å². The van der Waals surface area contributed by atoms with Crippen LogP contribution in [0.1, 0.15) is 38.8 Å². The molecule has 0 heterocycles. The number of amides is 1. The number of hydrogen-bond acceptors (Lipinski definition) is 5. The largest absolute Gasteiger partial charge is 0.491 e. The summed E-state index contributed by atoms with van der Waals surface area (Å²) in [7, 11) is 3.37. The monoisotopic (exact) mass is 422 g/mol. The van der Waals surface area contributed by atoms with E-state index in [1.807, 2.05) is 46.8 Å². The van der Waals surface area contributed by atoms with Crippen LogP contribution in [0.5, 0.6) is 5.75 Å². The first kappa shape index (κ1) is 25.6. The fraction of sp³-hybridized carbons (Fsp3) is 0.636. The van der Waals surface area contributed by atoms with E-state index in [-0.39, 0.29) is 6.09 Å². The van der Waals surface area contributed by atoms with Gasteiger partial charge in [0.2, 0.25) is 0 Å². The molecule has 0 aliphatic rings. The van der Waals surface area contributed by atoms with Crippen molar-refractivity contribution in [1.29, 1.82) is 0 Å². The predicted molar refractivity (Wildman–Crippen MR) is 120 cm³/mol. The Morgan fingerprint density at radius 2 is 1.93 bits per heavy atom. The predicted octanol–water partition coefficient (Wildman–Crippen LogP) is 2.94. The van der Waals surface area contributed by atoms with Crippen molar-refractivity contribution in [3.63, 3.8) is 0 Å². The lowest BCUT2D eigenvalue weighted by atomic mass is 10.1. The van der Waals surface area contributed by atoms with Gasteiger partial charge in [0.1, 0.15) is 18.0 Å². The zero-order chi connectivity index (χ0) is 22.6. The highest BCUT2D eigenvalue weighted by Crippen LogP contribution is 2.20. The van der Waals surface area contributed by atoms with Gasteiger partial charge in [-0.3, -0.25) is 4.99 Å². The van der Waals surface area contributed by atoms with E-state index < -0.39 is 5.60 Å². The van der Waals surface area contributed by atoms with E-state index in [1.54, 1.807) is 19.1 Å². The third-order valence-corrected chi connectivity index (χ3v) is 4.15. The van der Waals surface area contributed by atoms with Gasteiger partial charge in [0.15, 0.2) is 5.96 Å². The summed E-state index contributed by atoms with van der Waals surface area (Å²) < 4.78 is 16.3. The van der Waals surface area contributed by atoms with Gasteiger partial charge in [-0.15, -0.1) is 0 Å². The smallest absolute Gasteiger partial charge is 0.410 e. The summed E-state index contributed by atoms with van der Waals surface area (Å²) in [5.41, 5.74) is 1.66. The average Bonchev–Trinajstić information content (AvgIpc) is 2.67. The number of nitrogens with zero attached hydrogens (tertiary/aromatic N) is 2. The molecule has 0 spiro atoms. The lowest BCUT2D eigenvalue weighted by molar-refractivity contribution is 0.0264. The molecule has 0 saturated carbocycles.